The van der Waals surface area contributed by atoms with Gasteiger partial charge in [0, 0.05) is 24.3 Å². The van der Waals surface area contributed by atoms with Crippen LogP contribution in [0.15, 0.2) is 58.9 Å². The third-order valence-corrected chi connectivity index (χ3v) is 6.95. The fourth-order valence-electron chi connectivity index (χ4n) is 4.19. The number of benzene rings is 2. The Balaban J connectivity index is 2.12. The lowest BCUT2D eigenvalue weighted by atomic mass is 9.83. The Morgan fingerprint density at radius 2 is 1.69 bits per heavy atom. The number of nitro benzene ring substituents is 2. The highest BCUT2D eigenvalue weighted by Crippen LogP contribution is 2.38. The second-order valence-electron chi connectivity index (χ2n) is 8.12. The molecule has 0 radical (unpaired) electrons. The van der Waals surface area contributed by atoms with Crippen LogP contribution in [-0.4, -0.2) is 40.1 Å². The van der Waals surface area contributed by atoms with E-state index in [-0.39, 0.29) is 49.7 Å². The molecule has 3 aromatic rings. The number of rotatable bonds is 7. The minimum Gasteiger partial charge on any atom is -0.466 e. The Morgan fingerprint density at radius 3 is 2.31 bits per heavy atom. The quantitative estimate of drug-likeness (QED) is 0.255. The summed E-state index contributed by atoms with van der Waals surface area (Å²) in [7, 11) is 1.09. The summed E-state index contributed by atoms with van der Waals surface area (Å²) in [5, 5.41) is 22.6. The van der Waals surface area contributed by atoms with Gasteiger partial charge >= 0.3 is 11.9 Å². The molecule has 1 aromatic heterocycles. The van der Waals surface area contributed by atoms with Crippen LogP contribution in [0.3, 0.4) is 0 Å². The summed E-state index contributed by atoms with van der Waals surface area (Å²) in [5.41, 5.74) is 5.24. The fourth-order valence-corrected chi connectivity index (χ4v) is 5.36. The summed E-state index contributed by atoms with van der Waals surface area (Å²) < 4.78 is 11.2. The molecule has 0 spiro atoms. The van der Waals surface area contributed by atoms with Crippen LogP contribution in [0.1, 0.15) is 24.0 Å². The first-order valence-electron chi connectivity index (χ1n) is 11.3. The Kier molecular flexibility index (Phi) is 7.40. The smallest absolute Gasteiger partial charge is 0.338 e. The molecule has 39 heavy (non-hydrogen) atoms. The number of carbonyl (C=O) groups is 2. The van der Waals surface area contributed by atoms with Crippen molar-refractivity contribution in [3.8, 4) is 0 Å². The highest BCUT2D eigenvalue weighted by Gasteiger charge is 2.40. The van der Waals surface area contributed by atoms with E-state index in [2.05, 4.69) is 0 Å². The molecule has 0 aliphatic carbocycles. The van der Waals surface area contributed by atoms with Gasteiger partial charge in [-0.1, -0.05) is 24.3 Å². The van der Waals surface area contributed by atoms with Crippen LogP contribution in [0.25, 0.3) is 17.5 Å². The topological polar surface area (TPSA) is 187 Å². The van der Waals surface area contributed by atoms with Crippen molar-refractivity contribution in [2.75, 3.05) is 13.7 Å². The van der Waals surface area contributed by atoms with Gasteiger partial charge in [0.2, 0.25) is 0 Å². The highest BCUT2D eigenvalue weighted by atomic mass is 32.1. The molecule has 14 heteroatoms. The van der Waals surface area contributed by atoms with E-state index in [0.29, 0.717) is 5.56 Å². The SMILES string of the molecule is CCOC(=O)C1=c2s/c(=C\c3cccc([N+](=O)[O-])c3)c(=O)n2C(N)=C(C(=O)OC)[C@@H]1c1cccc([N+](=O)[O-])c1. The van der Waals surface area contributed by atoms with Gasteiger partial charge in [0.05, 0.1) is 45.2 Å². The number of methoxy groups -OCH3 is 1. The number of non-ortho nitro benzene ring substituents is 2. The van der Waals surface area contributed by atoms with Crippen LogP contribution in [0, 0.1) is 20.2 Å². The van der Waals surface area contributed by atoms with Gasteiger partial charge in [-0.05, 0) is 24.1 Å². The van der Waals surface area contributed by atoms with E-state index in [9.17, 15) is 34.6 Å². The van der Waals surface area contributed by atoms with Gasteiger partial charge in [0.15, 0.2) is 0 Å². The van der Waals surface area contributed by atoms with Gasteiger partial charge in [-0.25, -0.2) is 9.59 Å². The van der Waals surface area contributed by atoms with E-state index >= 15 is 0 Å². The van der Waals surface area contributed by atoms with Crippen LogP contribution >= 0.6 is 11.3 Å². The number of ether oxygens (including phenoxy) is 2. The average Bonchev–Trinajstić information content (AvgIpc) is 3.23. The van der Waals surface area contributed by atoms with Crippen molar-refractivity contribution >= 4 is 52.1 Å². The summed E-state index contributed by atoms with van der Waals surface area (Å²) in [5.74, 6) is -3.43. The largest absolute Gasteiger partial charge is 0.466 e. The Hall–Kier alpha value is -5.11. The molecule has 2 aromatic carbocycles. The van der Waals surface area contributed by atoms with E-state index in [1.54, 1.807) is 13.0 Å². The molecular formula is C25H20N4O9S. The molecule has 1 aliphatic rings. The summed E-state index contributed by atoms with van der Waals surface area (Å²) >= 11 is 0.854. The maximum Gasteiger partial charge on any atom is 0.338 e. The minimum atomic E-state index is -1.26. The van der Waals surface area contributed by atoms with E-state index in [0.717, 1.165) is 23.0 Å². The highest BCUT2D eigenvalue weighted by molar-refractivity contribution is 7.07. The van der Waals surface area contributed by atoms with E-state index in [1.165, 1.54) is 48.5 Å². The molecule has 13 nitrogen and oxygen atoms in total. The number of carbonyl (C=O) groups excluding carboxylic acids is 2. The first kappa shape index (κ1) is 26.9. The molecule has 0 saturated heterocycles. The molecule has 0 bridgehead atoms. The second kappa shape index (κ2) is 10.7. The number of hydrogen-bond donors (Lipinski definition) is 1. The zero-order valence-electron chi connectivity index (χ0n) is 20.5. The van der Waals surface area contributed by atoms with Gasteiger partial charge in [0.25, 0.3) is 16.9 Å². The zero-order chi connectivity index (χ0) is 28.4. The molecule has 2 N–H and O–H groups in total. The van der Waals surface area contributed by atoms with Crippen molar-refractivity contribution in [1.29, 1.82) is 0 Å². The second-order valence-corrected chi connectivity index (χ2v) is 9.15. The summed E-state index contributed by atoms with van der Waals surface area (Å²) in [6.45, 7) is 1.52. The van der Waals surface area contributed by atoms with Crippen molar-refractivity contribution in [1.82, 2.24) is 4.57 Å². The van der Waals surface area contributed by atoms with Crippen molar-refractivity contribution in [2.45, 2.75) is 12.8 Å². The van der Waals surface area contributed by atoms with Crippen LogP contribution < -0.4 is 20.5 Å². The van der Waals surface area contributed by atoms with Crippen molar-refractivity contribution in [2.24, 2.45) is 5.73 Å². The monoisotopic (exact) mass is 552 g/mol. The maximum atomic E-state index is 13.5. The molecular weight excluding hydrogens is 532 g/mol. The van der Waals surface area contributed by atoms with Crippen LogP contribution in [-0.2, 0) is 19.1 Å². The first-order valence-corrected chi connectivity index (χ1v) is 12.1. The molecule has 2 heterocycles. The number of nitrogens with zero attached hydrogens (tertiary/aromatic N) is 3. The van der Waals surface area contributed by atoms with Crippen LogP contribution in [0.4, 0.5) is 11.4 Å². The number of nitrogens with two attached hydrogens (primary N) is 1. The van der Waals surface area contributed by atoms with Gasteiger partial charge in [-0.3, -0.25) is 29.6 Å². The lowest BCUT2D eigenvalue weighted by Gasteiger charge is -2.26. The first-order chi connectivity index (χ1) is 18.6. The average molecular weight is 553 g/mol. The molecule has 200 valence electrons. The molecule has 0 fully saturated rings. The van der Waals surface area contributed by atoms with Crippen molar-refractivity contribution in [3.05, 3.63) is 105 Å². The number of aromatic nitrogens is 1. The Bertz CT molecular complexity index is 1750. The Morgan fingerprint density at radius 1 is 1.05 bits per heavy atom. The van der Waals surface area contributed by atoms with E-state index in [1.807, 2.05) is 0 Å². The van der Waals surface area contributed by atoms with Crippen LogP contribution in [0.2, 0.25) is 0 Å². The van der Waals surface area contributed by atoms with Gasteiger partial charge in [-0.15, -0.1) is 11.3 Å². The van der Waals surface area contributed by atoms with Crippen molar-refractivity contribution in [3.63, 3.8) is 0 Å². The molecule has 1 aliphatic heterocycles. The predicted molar refractivity (Wildman–Crippen MR) is 140 cm³/mol. The molecule has 0 saturated carbocycles. The lowest BCUT2D eigenvalue weighted by Crippen LogP contribution is -2.41. The fraction of sp³-hybridized carbons (Fsp3) is 0.160. The standard InChI is InChI=1S/C25H20N4O9S/c1-3-38-25(32)20-18(14-7-5-9-16(12-14)29(35)36)19(24(31)37-2)21(26)27-22(30)17(39-23(20)27)11-13-6-4-8-15(10-13)28(33)34/h4-12,18H,3,26H2,1-2H3/b17-11-/t18-/m0/s1. The third-order valence-electron chi connectivity index (χ3n) is 5.84. The Labute approximate surface area is 223 Å². The normalized spacial score (nSPS) is 15.1. The zero-order valence-corrected chi connectivity index (χ0v) is 21.3. The number of hydrogen-bond acceptors (Lipinski definition) is 11. The molecule has 0 unspecified atom stereocenters. The van der Waals surface area contributed by atoms with E-state index < -0.39 is 33.3 Å². The molecule has 4 rings (SSSR count). The molecule has 0 amide bonds. The molecule has 1 atom stereocenters. The summed E-state index contributed by atoms with van der Waals surface area (Å²) in [6.07, 6.45) is 1.39. The van der Waals surface area contributed by atoms with Crippen molar-refractivity contribution < 1.29 is 28.9 Å². The lowest BCUT2D eigenvalue weighted by molar-refractivity contribution is -0.385. The minimum absolute atomic E-state index is 0.0387. The summed E-state index contributed by atoms with van der Waals surface area (Å²) in [4.78, 5) is 61.2. The van der Waals surface area contributed by atoms with E-state index in [4.69, 9.17) is 15.2 Å². The maximum absolute atomic E-state index is 13.5. The van der Waals surface area contributed by atoms with Gasteiger partial charge in [0.1, 0.15) is 10.5 Å². The predicted octanol–water partition coefficient (Wildman–Crippen LogP) is 1.37. The van der Waals surface area contributed by atoms with Gasteiger partial charge in [-0.2, -0.15) is 0 Å². The van der Waals surface area contributed by atoms with Gasteiger partial charge < -0.3 is 15.2 Å². The number of esters is 2. The third kappa shape index (κ3) is 4.92. The number of fused-ring (bicyclic) bond motifs is 1. The number of nitro groups is 2. The summed E-state index contributed by atoms with van der Waals surface area (Å²) in [6, 6.07) is 10.9. The number of thiazole rings is 1. The van der Waals surface area contributed by atoms with Crippen LogP contribution in [0.5, 0.6) is 0 Å².